The summed E-state index contributed by atoms with van der Waals surface area (Å²) < 4.78 is 22.6. The third kappa shape index (κ3) is 3.83. The van der Waals surface area contributed by atoms with Gasteiger partial charge in [-0.3, -0.25) is 4.90 Å². The number of benzene rings is 3. The van der Waals surface area contributed by atoms with Crippen molar-refractivity contribution in [3.05, 3.63) is 104 Å². The monoisotopic (exact) mass is 481 g/mol. The van der Waals surface area contributed by atoms with Crippen LogP contribution in [0.25, 0.3) is 33.1 Å². The normalized spacial score (nSPS) is 13.5. The maximum absolute atomic E-state index is 13.0. The lowest BCUT2D eigenvalue weighted by Gasteiger charge is -2.29. The molecule has 0 saturated heterocycles. The molecule has 7 heteroatoms. The Hall–Kier alpha value is -4.36. The Labute approximate surface area is 206 Å². The van der Waals surface area contributed by atoms with Crippen molar-refractivity contribution >= 4 is 21.9 Å². The van der Waals surface area contributed by atoms with Crippen molar-refractivity contribution in [3.63, 3.8) is 0 Å². The highest BCUT2D eigenvalue weighted by molar-refractivity contribution is 5.97. The van der Waals surface area contributed by atoms with E-state index in [2.05, 4.69) is 36.1 Å². The van der Waals surface area contributed by atoms with Crippen LogP contribution in [0.1, 0.15) is 16.7 Å². The molecule has 36 heavy (non-hydrogen) atoms. The van der Waals surface area contributed by atoms with Gasteiger partial charge in [0.2, 0.25) is 0 Å². The molecule has 0 atom stereocenters. The molecule has 7 nitrogen and oxygen atoms in total. The van der Waals surface area contributed by atoms with E-state index in [0.29, 0.717) is 58.8 Å². The number of para-hydroxylation sites is 1. The second-order valence-corrected chi connectivity index (χ2v) is 8.97. The fourth-order valence-corrected chi connectivity index (χ4v) is 4.72. The molecule has 3 aromatic carbocycles. The summed E-state index contributed by atoms with van der Waals surface area (Å²) in [5, 5.41) is 1.33. The molecule has 0 bridgehead atoms. The van der Waals surface area contributed by atoms with E-state index in [4.69, 9.17) is 18.3 Å². The Balaban J connectivity index is 1.46. The predicted molar refractivity (Wildman–Crippen MR) is 136 cm³/mol. The average molecular weight is 482 g/mol. The van der Waals surface area contributed by atoms with Crippen molar-refractivity contribution in [2.75, 3.05) is 13.8 Å². The van der Waals surface area contributed by atoms with Crippen molar-refractivity contribution in [2.45, 2.75) is 20.0 Å². The van der Waals surface area contributed by atoms with Gasteiger partial charge in [-0.15, -0.1) is 0 Å². The summed E-state index contributed by atoms with van der Waals surface area (Å²) in [6, 6.07) is 20.5. The van der Waals surface area contributed by atoms with Crippen molar-refractivity contribution < 1.29 is 18.3 Å². The average Bonchev–Trinajstić information content (AvgIpc) is 2.89. The smallest absolute Gasteiger partial charge is 0.344 e. The lowest BCUT2D eigenvalue weighted by Crippen LogP contribution is -2.31. The molecule has 0 fully saturated rings. The van der Waals surface area contributed by atoms with Crippen LogP contribution in [0.4, 0.5) is 0 Å². The number of rotatable bonds is 4. The number of methoxy groups -OCH3 is 1. The van der Waals surface area contributed by atoms with E-state index in [-0.39, 0.29) is 5.56 Å². The van der Waals surface area contributed by atoms with Gasteiger partial charge in [0.1, 0.15) is 18.1 Å². The van der Waals surface area contributed by atoms with Crippen LogP contribution in [0.2, 0.25) is 0 Å². The van der Waals surface area contributed by atoms with Gasteiger partial charge in [-0.1, -0.05) is 42.0 Å². The Morgan fingerprint density at radius 1 is 0.917 bits per heavy atom. The first-order chi connectivity index (χ1) is 17.5. The molecular formula is C29H23NO6. The highest BCUT2D eigenvalue weighted by Crippen LogP contribution is 2.36. The van der Waals surface area contributed by atoms with E-state index in [0.717, 1.165) is 5.56 Å². The number of ether oxygens (including phenoxy) is 2. The van der Waals surface area contributed by atoms with Gasteiger partial charge < -0.3 is 18.3 Å². The van der Waals surface area contributed by atoms with E-state index in [1.54, 1.807) is 12.1 Å². The minimum absolute atomic E-state index is 0.279. The summed E-state index contributed by atoms with van der Waals surface area (Å²) >= 11 is 0. The van der Waals surface area contributed by atoms with E-state index in [9.17, 15) is 9.59 Å². The zero-order valence-corrected chi connectivity index (χ0v) is 19.9. The summed E-state index contributed by atoms with van der Waals surface area (Å²) in [7, 11) is 1.52. The van der Waals surface area contributed by atoms with E-state index < -0.39 is 11.3 Å². The van der Waals surface area contributed by atoms with Crippen LogP contribution < -0.4 is 20.7 Å². The van der Waals surface area contributed by atoms with Crippen molar-refractivity contribution in [2.24, 2.45) is 0 Å². The molecule has 0 spiro atoms. The maximum atomic E-state index is 13.0. The molecule has 0 amide bonds. The first kappa shape index (κ1) is 22.1. The molecule has 180 valence electrons. The third-order valence-corrected chi connectivity index (χ3v) is 6.52. The van der Waals surface area contributed by atoms with Gasteiger partial charge in [0.25, 0.3) is 0 Å². The maximum Gasteiger partial charge on any atom is 0.344 e. The molecule has 0 N–H and O–H groups in total. The number of aryl methyl sites for hydroxylation is 1. The van der Waals surface area contributed by atoms with Crippen LogP contribution in [-0.4, -0.2) is 18.7 Å². The SMILES string of the molecule is COc1cccc2cc(-c3cc(=O)oc4c5c(ccc34)OCN(Cc3ccc(C)cc3)C5)c(=O)oc12. The van der Waals surface area contributed by atoms with E-state index in [1.807, 2.05) is 24.3 Å². The standard InChI is InChI=1S/C29H23NO6/c1-17-6-8-18(9-7-17)14-30-15-23-24(34-16-30)11-10-20-21(13-26(31)35-28(20)23)22-12-19-4-3-5-25(33-2)27(19)36-29(22)32/h3-13H,14-16H2,1-2H3. The number of fused-ring (bicyclic) bond motifs is 4. The second-order valence-electron chi connectivity index (χ2n) is 8.97. The third-order valence-electron chi connectivity index (χ3n) is 6.52. The van der Waals surface area contributed by atoms with Crippen LogP contribution in [0.5, 0.6) is 11.5 Å². The van der Waals surface area contributed by atoms with Crippen LogP contribution in [0.3, 0.4) is 0 Å². The molecule has 3 heterocycles. The van der Waals surface area contributed by atoms with Crippen molar-refractivity contribution in [1.29, 1.82) is 0 Å². The first-order valence-electron chi connectivity index (χ1n) is 11.6. The lowest BCUT2D eigenvalue weighted by molar-refractivity contribution is 0.0890. The minimum Gasteiger partial charge on any atom is -0.493 e. The zero-order valence-electron chi connectivity index (χ0n) is 19.9. The van der Waals surface area contributed by atoms with Gasteiger partial charge in [-0.2, -0.15) is 0 Å². The molecule has 5 aromatic rings. The Morgan fingerprint density at radius 2 is 1.75 bits per heavy atom. The van der Waals surface area contributed by atoms with Gasteiger partial charge in [-0.25, -0.2) is 9.59 Å². The highest BCUT2D eigenvalue weighted by Gasteiger charge is 2.24. The zero-order chi connectivity index (χ0) is 24.8. The van der Waals surface area contributed by atoms with Crippen LogP contribution in [-0.2, 0) is 13.1 Å². The Morgan fingerprint density at radius 3 is 2.56 bits per heavy atom. The van der Waals surface area contributed by atoms with Crippen molar-refractivity contribution in [1.82, 2.24) is 4.90 Å². The summed E-state index contributed by atoms with van der Waals surface area (Å²) in [4.78, 5) is 27.8. The second kappa shape index (κ2) is 8.70. The fourth-order valence-electron chi connectivity index (χ4n) is 4.72. The van der Waals surface area contributed by atoms with Gasteiger partial charge in [0, 0.05) is 35.5 Å². The van der Waals surface area contributed by atoms with Crippen molar-refractivity contribution in [3.8, 4) is 22.6 Å². The lowest BCUT2D eigenvalue weighted by atomic mass is 9.99. The van der Waals surface area contributed by atoms with E-state index >= 15 is 0 Å². The first-order valence-corrected chi connectivity index (χ1v) is 11.6. The molecule has 0 aliphatic carbocycles. The minimum atomic E-state index is -0.561. The highest BCUT2D eigenvalue weighted by atomic mass is 16.5. The molecule has 1 aliphatic heterocycles. The summed E-state index contributed by atoms with van der Waals surface area (Å²) in [6.07, 6.45) is 0. The molecule has 0 radical (unpaired) electrons. The summed E-state index contributed by atoms with van der Waals surface area (Å²) in [5.41, 5.74) is 3.54. The van der Waals surface area contributed by atoms with E-state index in [1.165, 1.54) is 24.3 Å². The predicted octanol–water partition coefficient (Wildman–Crippen LogP) is 5.24. The van der Waals surface area contributed by atoms with Crippen LogP contribution in [0, 0.1) is 6.92 Å². The van der Waals surface area contributed by atoms with Gasteiger partial charge in [0.05, 0.1) is 18.2 Å². The quantitative estimate of drug-likeness (QED) is 0.325. The number of hydrogen-bond donors (Lipinski definition) is 0. The van der Waals surface area contributed by atoms with Gasteiger partial charge >= 0.3 is 11.3 Å². The molecule has 2 aromatic heterocycles. The Kier molecular flexibility index (Phi) is 5.34. The number of hydrogen-bond acceptors (Lipinski definition) is 7. The molecule has 1 aliphatic rings. The van der Waals surface area contributed by atoms with Gasteiger partial charge in [-0.05, 0) is 36.8 Å². The van der Waals surface area contributed by atoms with Gasteiger partial charge in [0.15, 0.2) is 11.3 Å². The fraction of sp³-hybridized carbons (Fsp3) is 0.172. The molecule has 0 saturated carbocycles. The molecular weight excluding hydrogens is 458 g/mol. The summed E-state index contributed by atoms with van der Waals surface area (Å²) in [6.45, 7) is 3.71. The molecule has 0 unspecified atom stereocenters. The summed E-state index contributed by atoms with van der Waals surface area (Å²) in [5.74, 6) is 1.13. The van der Waals surface area contributed by atoms with Crippen LogP contribution in [0.15, 0.2) is 85.2 Å². The molecule has 6 rings (SSSR count). The Bertz CT molecular complexity index is 1730. The van der Waals surface area contributed by atoms with Crippen LogP contribution >= 0.6 is 0 Å². The largest absolute Gasteiger partial charge is 0.493 e. The number of nitrogens with zero attached hydrogens (tertiary/aromatic N) is 1. The topological polar surface area (TPSA) is 82.1 Å².